The highest BCUT2D eigenvalue weighted by molar-refractivity contribution is 5.38. The van der Waals surface area contributed by atoms with E-state index in [2.05, 4.69) is 10.0 Å². The fourth-order valence-electron chi connectivity index (χ4n) is 2.14. The van der Waals surface area contributed by atoms with Gasteiger partial charge in [0.1, 0.15) is 0 Å². The lowest BCUT2D eigenvalue weighted by molar-refractivity contribution is 0.366. The van der Waals surface area contributed by atoms with Gasteiger partial charge in [0, 0.05) is 27.9 Å². The molecule has 0 fully saturated rings. The van der Waals surface area contributed by atoms with E-state index in [9.17, 15) is 4.79 Å². The highest BCUT2D eigenvalue weighted by Gasteiger charge is 2.29. The van der Waals surface area contributed by atoms with Gasteiger partial charge in [-0.15, -0.1) is 0 Å². The maximum absolute atomic E-state index is 11.8. The van der Waals surface area contributed by atoms with Gasteiger partial charge in [0.25, 0.3) is 5.56 Å². The third-order valence-electron chi connectivity index (χ3n) is 2.85. The molecular formula is C10H12N4O. The minimum absolute atomic E-state index is 0.0857. The molecule has 0 spiro atoms. The topological polar surface area (TPSA) is 70.8 Å². The molecule has 2 heterocycles. The molecule has 1 aromatic heterocycles. The van der Waals surface area contributed by atoms with Gasteiger partial charge < -0.3 is 4.57 Å². The number of aryl methyl sites for hydroxylation is 1. The molecule has 1 aromatic rings. The van der Waals surface area contributed by atoms with Gasteiger partial charge in [0.15, 0.2) is 0 Å². The van der Waals surface area contributed by atoms with Crippen molar-refractivity contribution < 1.29 is 0 Å². The monoisotopic (exact) mass is 204 g/mol. The summed E-state index contributed by atoms with van der Waals surface area (Å²) in [5.74, 6) is 0. The molecule has 0 radical (unpaired) electrons. The van der Waals surface area contributed by atoms with E-state index in [0.717, 1.165) is 18.5 Å². The van der Waals surface area contributed by atoms with E-state index in [1.165, 1.54) is 6.07 Å². The van der Waals surface area contributed by atoms with Gasteiger partial charge in [-0.1, -0.05) is 5.11 Å². The number of nitrogens with zero attached hydrogens (tertiary/aromatic N) is 4. The molecule has 0 aromatic carbocycles. The molecule has 0 saturated heterocycles. The highest BCUT2D eigenvalue weighted by Crippen LogP contribution is 2.30. The summed E-state index contributed by atoms with van der Waals surface area (Å²) in [6, 6.07) is 3.17. The molecule has 1 aliphatic rings. The molecule has 5 nitrogen and oxygen atoms in total. The molecule has 0 atom stereocenters. The molecule has 0 N–H and O–H groups in total. The van der Waals surface area contributed by atoms with Gasteiger partial charge in [0.2, 0.25) is 0 Å². The van der Waals surface area contributed by atoms with Crippen LogP contribution in [0.4, 0.5) is 5.69 Å². The second-order valence-electron chi connectivity index (χ2n) is 4.38. The van der Waals surface area contributed by atoms with Gasteiger partial charge in [0.05, 0.1) is 0 Å². The van der Waals surface area contributed by atoms with Crippen molar-refractivity contribution in [1.29, 1.82) is 0 Å². The first-order valence-corrected chi connectivity index (χ1v) is 4.86. The van der Waals surface area contributed by atoms with Crippen molar-refractivity contribution >= 4 is 5.69 Å². The zero-order chi connectivity index (χ0) is 11.1. The fraction of sp³-hybridized carbons (Fsp3) is 0.500. The average Bonchev–Trinajstić information content (AvgIpc) is 2.43. The summed E-state index contributed by atoms with van der Waals surface area (Å²) in [7, 11) is 0. The first kappa shape index (κ1) is 9.80. The Morgan fingerprint density at radius 3 is 2.93 bits per heavy atom. The van der Waals surface area contributed by atoms with Gasteiger partial charge in [-0.3, -0.25) is 4.79 Å². The van der Waals surface area contributed by atoms with Crippen LogP contribution in [0.5, 0.6) is 0 Å². The summed E-state index contributed by atoms with van der Waals surface area (Å²) in [6.07, 6.45) is 1.80. The number of azide groups is 1. The van der Waals surface area contributed by atoms with E-state index in [4.69, 9.17) is 5.53 Å². The number of pyridine rings is 1. The molecule has 78 valence electrons. The first-order valence-electron chi connectivity index (χ1n) is 4.86. The lowest BCUT2D eigenvalue weighted by Gasteiger charge is -2.21. The van der Waals surface area contributed by atoms with Crippen LogP contribution in [0, 0.1) is 0 Å². The van der Waals surface area contributed by atoms with Crippen LogP contribution >= 0.6 is 0 Å². The Hall–Kier alpha value is -1.74. The van der Waals surface area contributed by atoms with Crippen molar-refractivity contribution in [2.75, 3.05) is 0 Å². The summed E-state index contributed by atoms with van der Waals surface area (Å²) >= 11 is 0. The molecule has 0 bridgehead atoms. The van der Waals surface area contributed by atoms with Crippen LogP contribution in [0.3, 0.4) is 0 Å². The Kier molecular flexibility index (Phi) is 2.05. The van der Waals surface area contributed by atoms with Crippen molar-refractivity contribution in [3.8, 4) is 0 Å². The standard InChI is InChI=1S/C10H12N4O/c1-10(2)4-3-8-5-7(12-13-11)6-9(15)14(8)10/h5-6H,3-4H2,1-2H3. The normalized spacial score (nSPS) is 16.9. The van der Waals surface area contributed by atoms with E-state index >= 15 is 0 Å². The maximum atomic E-state index is 11.8. The highest BCUT2D eigenvalue weighted by atomic mass is 16.1. The van der Waals surface area contributed by atoms with Crippen molar-refractivity contribution in [2.24, 2.45) is 5.11 Å². The molecule has 0 unspecified atom stereocenters. The first-order chi connectivity index (χ1) is 7.04. The molecule has 1 aliphatic heterocycles. The Labute approximate surface area is 87.0 Å². The van der Waals surface area contributed by atoms with Gasteiger partial charge >= 0.3 is 0 Å². The zero-order valence-electron chi connectivity index (χ0n) is 8.77. The van der Waals surface area contributed by atoms with Crippen LogP contribution in [-0.2, 0) is 12.0 Å². The Morgan fingerprint density at radius 1 is 1.53 bits per heavy atom. The molecular weight excluding hydrogens is 192 g/mol. The SMILES string of the molecule is CC1(C)CCc2cc(N=[N+]=[N-])cc(=O)n21. The summed E-state index contributed by atoms with van der Waals surface area (Å²) in [6.45, 7) is 4.08. The van der Waals surface area contributed by atoms with Crippen LogP contribution in [0.25, 0.3) is 10.4 Å². The lowest BCUT2D eigenvalue weighted by atomic mass is 10.0. The summed E-state index contributed by atoms with van der Waals surface area (Å²) in [5, 5.41) is 3.46. The third kappa shape index (κ3) is 1.51. The smallest absolute Gasteiger partial charge is 0.251 e. The summed E-state index contributed by atoms with van der Waals surface area (Å²) in [5.41, 5.74) is 9.46. The molecule has 0 aliphatic carbocycles. The van der Waals surface area contributed by atoms with E-state index < -0.39 is 0 Å². The molecule has 0 saturated carbocycles. The minimum atomic E-state index is -0.124. The quantitative estimate of drug-likeness (QED) is 0.393. The van der Waals surface area contributed by atoms with Crippen LogP contribution in [0.1, 0.15) is 26.0 Å². The minimum Gasteiger partial charge on any atom is -0.307 e. The molecule has 15 heavy (non-hydrogen) atoms. The Bertz CT molecular complexity index is 509. The Balaban J connectivity index is 2.67. The number of fused-ring (bicyclic) bond motifs is 1. The maximum Gasteiger partial charge on any atom is 0.251 e. The van der Waals surface area contributed by atoms with Crippen LogP contribution in [-0.4, -0.2) is 4.57 Å². The molecule has 5 heteroatoms. The van der Waals surface area contributed by atoms with E-state index in [1.807, 2.05) is 13.8 Å². The molecule has 2 rings (SSSR count). The third-order valence-corrected chi connectivity index (χ3v) is 2.85. The lowest BCUT2D eigenvalue weighted by Crippen LogP contribution is -2.32. The zero-order valence-corrected chi connectivity index (χ0v) is 8.77. The van der Waals surface area contributed by atoms with E-state index in [-0.39, 0.29) is 11.1 Å². The number of hydrogen-bond acceptors (Lipinski definition) is 2. The largest absolute Gasteiger partial charge is 0.307 e. The predicted molar refractivity (Wildman–Crippen MR) is 57.2 cm³/mol. The van der Waals surface area contributed by atoms with Crippen molar-refractivity contribution in [3.63, 3.8) is 0 Å². The van der Waals surface area contributed by atoms with Crippen LogP contribution in [0.15, 0.2) is 22.0 Å². The van der Waals surface area contributed by atoms with Gasteiger partial charge in [-0.25, -0.2) is 0 Å². The Morgan fingerprint density at radius 2 is 2.27 bits per heavy atom. The van der Waals surface area contributed by atoms with E-state index in [1.54, 1.807) is 10.6 Å². The number of aromatic nitrogens is 1. The van der Waals surface area contributed by atoms with Crippen molar-refractivity contribution in [2.45, 2.75) is 32.2 Å². The second kappa shape index (κ2) is 3.14. The van der Waals surface area contributed by atoms with Crippen molar-refractivity contribution in [3.05, 3.63) is 38.6 Å². The fourth-order valence-corrected chi connectivity index (χ4v) is 2.14. The van der Waals surface area contributed by atoms with Gasteiger partial charge in [-0.2, -0.15) is 0 Å². The number of hydrogen-bond donors (Lipinski definition) is 0. The van der Waals surface area contributed by atoms with Crippen molar-refractivity contribution in [1.82, 2.24) is 4.57 Å². The number of rotatable bonds is 1. The average molecular weight is 204 g/mol. The van der Waals surface area contributed by atoms with E-state index in [0.29, 0.717) is 5.69 Å². The van der Waals surface area contributed by atoms with Crippen LogP contribution in [0.2, 0.25) is 0 Å². The predicted octanol–water partition coefficient (Wildman–Crippen LogP) is 2.47. The van der Waals surface area contributed by atoms with Gasteiger partial charge in [-0.05, 0) is 38.3 Å². The summed E-state index contributed by atoms with van der Waals surface area (Å²) < 4.78 is 1.78. The summed E-state index contributed by atoms with van der Waals surface area (Å²) in [4.78, 5) is 14.5. The second-order valence-corrected chi connectivity index (χ2v) is 4.38. The molecule has 0 amide bonds. The van der Waals surface area contributed by atoms with Crippen LogP contribution < -0.4 is 5.56 Å².